The number of urea groups is 1. The zero-order valence-corrected chi connectivity index (χ0v) is 20.8. The molecular weight excluding hydrogens is 457 g/mol. The largest absolute Gasteiger partial charge is 0.365 e. The van der Waals surface area contributed by atoms with Gasteiger partial charge >= 0.3 is 6.03 Å². The topological polar surface area (TPSA) is 53.8 Å². The van der Waals surface area contributed by atoms with Crippen molar-refractivity contribution < 1.29 is 13.9 Å². The van der Waals surface area contributed by atoms with Gasteiger partial charge in [0.25, 0.3) is 0 Å². The van der Waals surface area contributed by atoms with E-state index in [0.29, 0.717) is 18.8 Å². The number of nitrogens with zero attached hydrogens (tertiary/aromatic N) is 5. The normalized spacial score (nSPS) is 25.4. The van der Waals surface area contributed by atoms with Gasteiger partial charge in [-0.15, -0.1) is 12.4 Å². The number of ether oxygens (including phenoxy) is 1. The summed E-state index contributed by atoms with van der Waals surface area (Å²) in [5.41, 5.74) is 2.29. The Bertz CT molecular complexity index is 977. The zero-order chi connectivity index (χ0) is 22.9. The minimum atomic E-state index is -0.243. The fraction of sp³-hybridized carbons (Fsp3) is 0.600. The molecule has 7 nitrogen and oxygen atoms in total. The molecule has 1 aromatic heterocycles. The summed E-state index contributed by atoms with van der Waals surface area (Å²) < 4.78 is 22.9. The van der Waals surface area contributed by atoms with Gasteiger partial charge in [-0.25, -0.2) is 13.9 Å². The number of benzene rings is 1. The van der Waals surface area contributed by atoms with Gasteiger partial charge in [0.2, 0.25) is 0 Å². The number of amides is 2. The lowest BCUT2D eigenvalue weighted by atomic mass is 10.0. The Kier molecular flexibility index (Phi) is 7.67. The van der Waals surface area contributed by atoms with E-state index in [2.05, 4.69) is 23.8 Å². The maximum absolute atomic E-state index is 15.3. The summed E-state index contributed by atoms with van der Waals surface area (Å²) >= 11 is 0. The molecule has 0 bridgehead atoms. The Labute approximate surface area is 207 Å². The molecule has 34 heavy (non-hydrogen) atoms. The van der Waals surface area contributed by atoms with Crippen LogP contribution in [0.4, 0.5) is 14.9 Å². The van der Waals surface area contributed by atoms with Crippen LogP contribution in [0.15, 0.2) is 30.6 Å². The first-order chi connectivity index (χ1) is 16.0. The molecule has 0 spiro atoms. The molecule has 3 unspecified atom stereocenters. The number of hydrogen-bond donors (Lipinski definition) is 0. The van der Waals surface area contributed by atoms with E-state index in [1.54, 1.807) is 12.3 Å². The summed E-state index contributed by atoms with van der Waals surface area (Å²) in [6.07, 6.45) is 9.04. The monoisotopic (exact) mass is 491 g/mol. The zero-order valence-electron chi connectivity index (χ0n) is 20.0. The van der Waals surface area contributed by atoms with Gasteiger partial charge in [0, 0.05) is 56.6 Å². The van der Waals surface area contributed by atoms with Crippen LogP contribution in [0, 0.1) is 5.82 Å². The van der Waals surface area contributed by atoms with Gasteiger partial charge in [0.05, 0.1) is 11.9 Å². The molecule has 9 heteroatoms. The van der Waals surface area contributed by atoms with Crippen LogP contribution in [0.5, 0.6) is 0 Å². The van der Waals surface area contributed by atoms with Crippen molar-refractivity contribution in [3.63, 3.8) is 0 Å². The molecule has 5 rings (SSSR count). The summed E-state index contributed by atoms with van der Waals surface area (Å²) in [7, 11) is 0. The lowest BCUT2D eigenvalue weighted by Gasteiger charge is -2.46. The van der Waals surface area contributed by atoms with Crippen molar-refractivity contribution in [2.75, 3.05) is 37.7 Å². The van der Waals surface area contributed by atoms with Crippen LogP contribution < -0.4 is 4.90 Å². The second-order valence-electron chi connectivity index (χ2n) is 9.68. The van der Waals surface area contributed by atoms with Crippen LogP contribution in [0.1, 0.15) is 52.2 Å². The molecule has 3 saturated heterocycles. The van der Waals surface area contributed by atoms with E-state index in [9.17, 15) is 4.79 Å². The fourth-order valence-corrected chi connectivity index (χ4v) is 5.49. The highest BCUT2D eigenvalue weighted by Gasteiger charge is 2.36. The van der Waals surface area contributed by atoms with Crippen LogP contribution in [0.3, 0.4) is 0 Å². The van der Waals surface area contributed by atoms with Crippen LogP contribution in [-0.2, 0) is 4.74 Å². The maximum atomic E-state index is 15.3. The third-order valence-electron chi connectivity index (χ3n) is 7.19. The summed E-state index contributed by atoms with van der Waals surface area (Å²) in [6, 6.07) is 5.58. The van der Waals surface area contributed by atoms with Gasteiger partial charge < -0.3 is 19.4 Å². The Morgan fingerprint density at radius 2 is 1.79 bits per heavy atom. The lowest BCUT2D eigenvalue weighted by molar-refractivity contribution is -0.0394. The van der Waals surface area contributed by atoms with Gasteiger partial charge in [-0.1, -0.05) is 6.07 Å². The van der Waals surface area contributed by atoms with Gasteiger partial charge in [-0.05, 0) is 63.6 Å². The van der Waals surface area contributed by atoms with Gasteiger partial charge in [-0.3, -0.25) is 0 Å². The van der Waals surface area contributed by atoms with Crippen LogP contribution in [-0.4, -0.2) is 70.5 Å². The summed E-state index contributed by atoms with van der Waals surface area (Å²) in [4.78, 5) is 19.0. The predicted octanol–water partition coefficient (Wildman–Crippen LogP) is 4.92. The average Bonchev–Trinajstić information content (AvgIpc) is 3.52. The van der Waals surface area contributed by atoms with Crippen molar-refractivity contribution in [1.82, 2.24) is 19.6 Å². The first kappa shape index (κ1) is 24.8. The first-order valence-electron chi connectivity index (χ1n) is 12.3. The Balaban J connectivity index is 0.00000274. The van der Waals surface area contributed by atoms with E-state index >= 15 is 4.39 Å². The number of rotatable bonds is 3. The summed E-state index contributed by atoms with van der Waals surface area (Å²) in [5.74, 6) is -0.243. The Hall–Kier alpha value is -2.32. The third-order valence-corrected chi connectivity index (χ3v) is 7.19. The van der Waals surface area contributed by atoms with Gasteiger partial charge in [-0.2, -0.15) is 5.10 Å². The first-order valence-corrected chi connectivity index (χ1v) is 12.3. The number of piperazine rings is 1. The lowest BCUT2D eigenvalue weighted by Crippen LogP contribution is -2.61. The molecule has 0 radical (unpaired) electrons. The van der Waals surface area contributed by atoms with Crippen LogP contribution in [0.25, 0.3) is 11.1 Å². The minimum absolute atomic E-state index is 0. The molecule has 0 N–H and O–H groups in total. The van der Waals surface area contributed by atoms with E-state index in [1.807, 2.05) is 32.8 Å². The number of halogens is 2. The molecule has 186 valence electrons. The highest BCUT2D eigenvalue weighted by molar-refractivity contribution is 5.85. The SMILES string of the molecule is CC1CN(c2ccc(-c3cnn(C4CCCCO4)c3)cc2F)CC(C)N1C(=O)N1CCCC1.Cl. The molecule has 2 aromatic rings. The smallest absolute Gasteiger partial charge is 0.320 e. The standard InChI is InChI=1S/C25H34FN5O2.ClH/c1-18-15-29(16-19(2)31(18)25(32)28-10-4-5-11-28)23-9-8-20(13-22(23)26)21-14-27-30(17-21)24-7-3-6-12-33-24;/h8-9,13-14,17-19,24H,3-7,10-12,15-16H2,1-2H3;1H. The molecule has 0 saturated carbocycles. The van der Waals surface area contributed by atoms with E-state index in [4.69, 9.17) is 4.74 Å². The van der Waals surface area contributed by atoms with Crippen molar-refractivity contribution >= 4 is 24.1 Å². The quantitative estimate of drug-likeness (QED) is 0.611. The van der Waals surface area contributed by atoms with Crippen molar-refractivity contribution in [1.29, 1.82) is 0 Å². The molecule has 3 fully saturated rings. The van der Waals surface area contributed by atoms with Gasteiger partial charge in [0.1, 0.15) is 12.0 Å². The molecule has 4 heterocycles. The summed E-state index contributed by atoms with van der Waals surface area (Å²) in [5, 5.41) is 4.45. The number of likely N-dealkylation sites (tertiary alicyclic amines) is 1. The van der Waals surface area contributed by atoms with Crippen LogP contribution in [0.2, 0.25) is 0 Å². The number of aromatic nitrogens is 2. The highest BCUT2D eigenvalue weighted by atomic mass is 35.5. The number of carbonyl (C=O) groups is 1. The number of anilines is 1. The second-order valence-corrected chi connectivity index (χ2v) is 9.68. The molecule has 3 aliphatic rings. The van der Waals surface area contributed by atoms with E-state index in [0.717, 1.165) is 62.9 Å². The van der Waals surface area contributed by atoms with E-state index < -0.39 is 0 Å². The maximum Gasteiger partial charge on any atom is 0.320 e. The summed E-state index contributed by atoms with van der Waals surface area (Å²) in [6.45, 7) is 7.82. The minimum Gasteiger partial charge on any atom is -0.365 e. The molecule has 3 aliphatic heterocycles. The molecule has 1 aromatic carbocycles. The molecule has 2 amide bonds. The van der Waals surface area contributed by atoms with Gasteiger partial charge in [0.15, 0.2) is 0 Å². The predicted molar refractivity (Wildman–Crippen MR) is 133 cm³/mol. The Morgan fingerprint density at radius 3 is 2.44 bits per heavy atom. The van der Waals surface area contributed by atoms with Crippen LogP contribution >= 0.6 is 12.4 Å². The van der Waals surface area contributed by atoms with E-state index in [1.165, 1.54) is 0 Å². The van der Waals surface area contributed by atoms with Crippen molar-refractivity contribution in [2.24, 2.45) is 0 Å². The molecule has 0 aliphatic carbocycles. The average molecular weight is 492 g/mol. The number of hydrogen-bond acceptors (Lipinski definition) is 4. The third kappa shape index (κ3) is 4.89. The number of carbonyl (C=O) groups excluding carboxylic acids is 1. The molecule has 3 atom stereocenters. The highest BCUT2D eigenvalue weighted by Crippen LogP contribution is 2.31. The Morgan fingerprint density at radius 1 is 1.06 bits per heavy atom. The van der Waals surface area contributed by atoms with Crippen molar-refractivity contribution in [3.8, 4) is 11.1 Å². The second kappa shape index (κ2) is 10.5. The van der Waals surface area contributed by atoms with Crippen molar-refractivity contribution in [2.45, 2.75) is 64.3 Å². The van der Waals surface area contributed by atoms with E-state index in [-0.39, 0.29) is 42.6 Å². The van der Waals surface area contributed by atoms with Crippen molar-refractivity contribution in [3.05, 3.63) is 36.4 Å². The fourth-order valence-electron chi connectivity index (χ4n) is 5.49. The molecular formula is C25H35ClFN5O2.